The number of ether oxygens (including phenoxy) is 2. The van der Waals surface area contributed by atoms with Gasteiger partial charge in [-0.25, -0.2) is 0 Å². The molecule has 0 bridgehead atoms. The van der Waals surface area contributed by atoms with Crippen molar-refractivity contribution in [1.29, 1.82) is 0 Å². The molecule has 0 aromatic heterocycles. The SMILES string of the molecule is CCOC(=O)CCN(C)S(=O)(=O)N1CC(C)OC(C)C1. The van der Waals surface area contributed by atoms with E-state index in [1.54, 1.807) is 6.92 Å². The number of morpholine rings is 1. The predicted molar refractivity (Wildman–Crippen MR) is 74.4 cm³/mol. The average molecular weight is 308 g/mol. The van der Waals surface area contributed by atoms with Crippen molar-refractivity contribution < 1.29 is 22.7 Å². The number of carbonyl (C=O) groups excluding carboxylic acids is 1. The quantitative estimate of drug-likeness (QED) is 0.656. The summed E-state index contributed by atoms with van der Waals surface area (Å²) in [5.41, 5.74) is 0. The Labute approximate surface area is 121 Å². The number of hydrogen-bond acceptors (Lipinski definition) is 5. The summed E-state index contributed by atoms with van der Waals surface area (Å²) in [6.45, 7) is 6.48. The van der Waals surface area contributed by atoms with Crippen molar-refractivity contribution in [1.82, 2.24) is 8.61 Å². The highest BCUT2D eigenvalue weighted by Gasteiger charge is 2.33. The Morgan fingerprint density at radius 3 is 2.40 bits per heavy atom. The smallest absolute Gasteiger partial charge is 0.307 e. The molecule has 8 heteroatoms. The molecule has 118 valence electrons. The maximum atomic E-state index is 12.4. The summed E-state index contributed by atoms with van der Waals surface area (Å²) in [4.78, 5) is 11.3. The summed E-state index contributed by atoms with van der Waals surface area (Å²) in [5, 5.41) is 0. The number of hydrogen-bond donors (Lipinski definition) is 0. The zero-order chi connectivity index (χ0) is 15.3. The molecule has 0 aromatic rings. The Kier molecular flexibility index (Phi) is 6.38. The van der Waals surface area contributed by atoms with Crippen molar-refractivity contribution in [2.24, 2.45) is 0 Å². The predicted octanol–water partition coefficient (Wildman–Crippen LogP) is 0.225. The minimum Gasteiger partial charge on any atom is -0.466 e. The minimum atomic E-state index is -3.56. The first-order chi connectivity index (χ1) is 9.27. The first-order valence-corrected chi connectivity index (χ1v) is 8.19. The second-order valence-electron chi connectivity index (χ2n) is 4.96. The van der Waals surface area contributed by atoms with Gasteiger partial charge in [-0.2, -0.15) is 17.0 Å². The van der Waals surface area contributed by atoms with Gasteiger partial charge in [0.25, 0.3) is 10.2 Å². The van der Waals surface area contributed by atoms with Crippen molar-refractivity contribution in [2.45, 2.75) is 39.4 Å². The zero-order valence-corrected chi connectivity index (χ0v) is 13.4. The van der Waals surface area contributed by atoms with Crippen LogP contribution in [-0.2, 0) is 24.5 Å². The number of nitrogens with zero attached hydrogens (tertiary/aromatic N) is 2. The van der Waals surface area contributed by atoms with Crippen LogP contribution in [0.1, 0.15) is 27.2 Å². The monoisotopic (exact) mass is 308 g/mol. The van der Waals surface area contributed by atoms with Crippen molar-refractivity contribution in [3.8, 4) is 0 Å². The molecule has 1 aliphatic rings. The summed E-state index contributed by atoms with van der Waals surface area (Å²) in [6, 6.07) is 0. The molecule has 2 atom stereocenters. The summed E-state index contributed by atoms with van der Waals surface area (Å²) < 4.78 is 37.7. The molecular weight excluding hydrogens is 284 g/mol. The largest absolute Gasteiger partial charge is 0.466 e. The topological polar surface area (TPSA) is 76.2 Å². The van der Waals surface area contributed by atoms with Crippen LogP contribution >= 0.6 is 0 Å². The highest BCUT2D eigenvalue weighted by Crippen LogP contribution is 2.16. The van der Waals surface area contributed by atoms with Crippen LogP contribution in [0.25, 0.3) is 0 Å². The zero-order valence-electron chi connectivity index (χ0n) is 12.5. The van der Waals surface area contributed by atoms with Gasteiger partial charge in [-0.15, -0.1) is 0 Å². The van der Waals surface area contributed by atoms with E-state index in [0.717, 1.165) is 0 Å². The number of esters is 1. The van der Waals surface area contributed by atoms with E-state index in [0.29, 0.717) is 19.7 Å². The molecule has 0 amide bonds. The first-order valence-electron chi connectivity index (χ1n) is 6.79. The lowest BCUT2D eigenvalue weighted by molar-refractivity contribution is -0.143. The van der Waals surface area contributed by atoms with Crippen molar-refractivity contribution in [2.75, 3.05) is 33.3 Å². The Morgan fingerprint density at radius 2 is 1.90 bits per heavy atom. The van der Waals surface area contributed by atoms with Crippen molar-refractivity contribution >= 4 is 16.2 Å². The van der Waals surface area contributed by atoms with Crippen LogP contribution in [-0.4, -0.2) is 68.5 Å². The van der Waals surface area contributed by atoms with Gasteiger partial charge in [-0.3, -0.25) is 4.79 Å². The summed E-state index contributed by atoms with van der Waals surface area (Å²) in [7, 11) is -2.09. The minimum absolute atomic E-state index is 0.0546. The molecule has 1 rings (SSSR count). The second-order valence-corrected chi connectivity index (χ2v) is 6.99. The molecule has 20 heavy (non-hydrogen) atoms. The Bertz CT molecular complexity index is 416. The van der Waals surface area contributed by atoms with Gasteiger partial charge in [0.05, 0.1) is 25.2 Å². The molecule has 0 aromatic carbocycles. The van der Waals surface area contributed by atoms with Gasteiger partial charge in [0.15, 0.2) is 0 Å². The van der Waals surface area contributed by atoms with E-state index in [1.165, 1.54) is 15.7 Å². The molecule has 0 saturated carbocycles. The molecule has 0 spiro atoms. The van der Waals surface area contributed by atoms with Crippen LogP contribution < -0.4 is 0 Å². The highest BCUT2D eigenvalue weighted by atomic mass is 32.2. The molecular formula is C12H24N2O5S. The molecule has 1 fully saturated rings. The van der Waals surface area contributed by atoms with Gasteiger partial charge >= 0.3 is 5.97 Å². The fraction of sp³-hybridized carbons (Fsp3) is 0.917. The van der Waals surface area contributed by atoms with Gasteiger partial charge in [-0.05, 0) is 20.8 Å². The van der Waals surface area contributed by atoms with Gasteiger partial charge in [0.1, 0.15) is 0 Å². The van der Waals surface area contributed by atoms with Crippen LogP contribution in [0.5, 0.6) is 0 Å². The van der Waals surface area contributed by atoms with Crippen LogP contribution in [0.15, 0.2) is 0 Å². The van der Waals surface area contributed by atoms with E-state index >= 15 is 0 Å². The third-order valence-electron chi connectivity index (χ3n) is 3.04. The van der Waals surface area contributed by atoms with Crippen LogP contribution in [0, 0.1) is 0 Å². The van der Waals surface area contributed by atoms with Gasteiger partial charge in [-0.1, -0.05) is 0 Å². The van der Waals surface area contributed by atoms with Crippen LogP contribution in [0.2, 0.25) is 0 Å². The van der Waals surface area contributed by atoms with E-state index < -0.39 is 16.2 Å². The Hall–Kier alpha value is -0.700. The number of carbonyl (C=O) groups is 1. The van der Waals surface area contributed by atoms with E-state index in [2.05, 4.69) is 0 Å². The van der Waals surface area contributed by atoms with Gasteiger partial charge < -0.3 is 9.47 Å². The molecule has 0 radical (unpaired) electrons. The number of rotatable bonds is 6. The Morgan fingerprint density at radius 1 is 1.35 bits per heavy atom. The van der Waals surface area contributed by atoms with Gasteiger partial charge in [0.2, 0.25) is 0 Å². The lowest BCUT2D eigenvalue weighted by Crippen LogP contribution is -2.52. The molecule has 2 unspecified atom stereocenters. The third kappa shape index (κ3) is 4.69. The van der Waals surface area contributed by atoms with Crippen molar-refractivity contribution in [3.63, 3.8) is 0 Å². The second kappa shape index (κ2) is 7.35. The van der Waals surface area contributed by atoms with Crippen molar-refractivity contribution in [3.05, 3.63) is 0 Å². The van der Waals surface area contributed by atoms with E-state index in [4.69, 9.17) is 9.47 Å². The van der Waals surface area contributed by atoms with E-state index in [1.807, 2.05) is 13.8 Å². The van der Waals surface area contributed by atoms with E-state index in [-0.39, 0.29) is 25.2 Å². The fourth-order valence-electron chi connectivity index (χ4n) is 2.11. The third-order valence-corrected chi connectivity index (χ3v) is 4.96. The Balaban J connectivity index is 2.60. The summed E-state index contributed by atoms with van der Waals surface area (Å²) in [5.74, 6) is -0.390. The molecule has 1 saturated heterocycles. The lowest BCUT2D eigenvalue weighted by Gasteiger charge is -2.36. The average Bonchev–Trinajstić information content (AvgIpc) is 2.35. The van der Waals surface area contributed by atoms with Crippen LogP contribution in [0.4, 0.5) is 0 Å². The summed E-state index contributed by atoms with van der Waals surface area (Å²) in [6.07, 6.45) is -0.210. The summed E-state index contributed by atoms with van der Waals surface area (Å²) >= 11 is 0. The highest BCUT2D eigenvalue weighted by molar-refractivity contribution is 7.86. The van der Waals surface area contributed by atoms with Gasteiger partial charge in [0, 0.05) is 26.7 Å². The molecule has 1 aliphatic heterocycles. The molecule has 0 aliphatic carbocycles. The fourth-order valence-corrected chi connectivity index (χ4v) is 3.63. The van der Waals surface area contributed by atoms with Crippen LogP contribution in [0.3, 0.4) is 0 Å². The molecule has 7 nitrogen and oxygen atoms in total. The lowest BCUT2D eigenvalue weighted by atomic mass is 10.3. The van der Waals surface area contributed by atoms with E-state index in [9.17, 15) is 13.2 Å². The molecule has 1 heterocycles. The maximum Gasteiger partial charge on any atom is 0.307 e. The maximum absolute atomic E-state index is 12.4. The standard InChI is InChI=1S/C12H24N2O5S/c1-5-18-12(15)6-7-13(4)20(16,17)14-8-10(2)19-11(3)9-14/h10-11H,5-9H2,1-4H3. The normalized spacial score (nSPS) is 24.9. The molecule has 0 N–H and O–H groups in total. The first kappa shape index (κ1) is 17.4.